The maximum Gasteiger partial charge on any atom is 0.417 e. The van der Waals surface area contributed by atoms with Gasteiger partial charge in [0.15, 0.2) is 5.92 Å². The third-order valence-corrected chi connectivity index (χ3v) is 3.39. The van der Waals surface area contributed by atoms with Crippen molar-refractivity contribution in [3.8, 4) is 6.07 Å². The number of anilines is 1. The SMILES string of the molecule is COC(=O)c1ccccc1NC(=O)C(C#N)c1ccc(C(F)(F)F)cn1. The van der Waals surface area contributed by atoms with Crippen molar-refractivity contribution in [1.82, 2.24) is 4.98 Å². The number of carbonyl (C=O) groups is 2. The summed E-state index contributed by atoms with van der Waals surface area (Å²) >= 11 is 0. The molecular weight excluding hydrogens is 351 g/mol. The molecule has 0 aliphatic carbocycles. The third kappa shape index (κ3) is 4.16. The van der Waals surface area contributed by atoms with E-state index in [0.29, 0.717) is 6.20 Å². The van der Waals surface area contributed by atoms with E-state index < -0.39 is 29.5 Å². The van der Waals surface area contributed by atoms with Crippen LogP contribution in [-0.2, 0) is 15.7 Å². The second kappa shape index (κ2) is 7.65. The maximum atomic E-state index is 12.6. The number of pyridine rings is 1. The number of nitriles is 1. The summed E-state index contributed by atoms with van der Waals surface area (Å²) in [5.74, 6) is -2.99. The molecule has 1 unspecified atom stereocenters. The maximum absolute atomic E-state index is 12.6. The molecule has 0 saturated carbocycles. The molecule has 1 atom stereocenters. The molecule has 1 heterocycles. The van der Waals surface area contributed by atoms with Crippen molar-refractivity contribution in [3.63, 3.8) is 0 Å². The molecular formula is C17H12F3N3O3. The van der Waals surface area contributed by atoms with E-state index in [1.807, 2.05) is 0 Å². The number of methoxy groups -OCH3 is 1. The van der Waals surface area contributed by atoms with Crippen LogP contribution in [0.25, 0.3) is 0 Å². The van der Waals surface area contributed by atoms with Gasteiger partial charge in [0.25, 0.3) is 0 Å². The van der Waals surface area contributed by atoms with Gasteiger partial charge >= 0.3 is 12.1 Å². The quantitative estimate of drug-likeness (QED) is 0.843. The standard InChI is InChI=1S/C17H12F3N3O3/c1-26-16(25)11-4-2-3-5-14(11)23-15(24)12(8-21)13-7-6-10(9-22-13)17(18,19)20/h2-7,9,12H,1H3,(H,23,24). The van der Waals surface area contributed by atoms with Crippen LogP contribution in [0.15, 0.2) is 42.6 Å². The van der Waals surface area contributed by atoms with Gasteiger partial charge in [0.1, 0.15) is 0 Å². The van der Waals surface area contributed by atoms with Gasteiger partial charge in [0.2, 0.25) is 5.91 Å². The Labute approximate surface area is 146 Å². The number of ether oxygens (including phenoxy) is 1. The first-order chi connectivity index (χ1) is 12.3. The Bertz CT molecular complexity index is 858. The molecule has 0 aliphatic rings. The average molecular weight is 363 g/mol. The van der Waals surface area contributed by atoms with Gasteiger partial charge < -0.3 is 10.1 Å². The van der Waals surface area contributed by atoms with Crippen molar-refractivity contribution in [2.75, 3.05) is 12.4 Å². The zero-order valence-electron chi connectivity index (χ0n) is 13.4. The number of esters is 1. The summed E-state index contributed by atoms with van der Waals surface area (Å²) in [5, 5.41) is 11.6. The van der Waals surface area contributed by atoms with Crippen LogP contribution < -0.4 is 5.32 Å². The fourth-order valence-electron chi connectivity index (χ4n) is 2.09. The zero-order valence-corrected chi connectivity index (χ0v) is 13.4. The number of carbonyl (C=O) groups excluding carboxylic acids is 2. The topological polar surface area (TPSA) is 92.1 Å². The molecule has 6 nitrogen and oxygen atoms in total. The summed E-state index contributed by atoms with van der Waals surface area (Å²) in [6, 6.07) is 9.34. The number of halogens is 3. The zero-order chi connectivity index (χ0) is 19.3. The van der Waals surface area contributed by atoms with Gasteiger partial charge in [-0.15, -0.1) is 0 Å². The lowest BCUT2D eigenvalue weighted by molar-refractivity contribution is -0.137. The molecule has 0 bridgehead atoms. The Morgan fingerprint density at radius 2 is 1.92 bits per heavy atom. The molecule has 0 spiro atoms. The smallest absolute Gasteiger partial charge is 0.417 e. The highest BCUT2D eigenvalue weighted by Crippen LogP contribution is 2.29. The molecule has 134 valence electrons. The van der Waals surface area contributed by atoms with E-state index in [4.69, 9.17) is 0 Å². The number of nitrogens with zero attached hydrogens (tertiary/aromatic N) is 2. The monoisotopic (exact) mass is 363 g/mol. The van der Waals surface area contributed by atoms with Crippen molar-refractivity contribution in [3.05, 3.63) is 59.4 Å². The van der Waals surface area contributed by atoms with Gasteiger partial charge in [-0.3, -0.25) is 9.78 Å². The number of para-hydroxylation sites is 1. The lowest BCUT2D eigenvalue weighted by Crippen LogP contribution is -2.22. The van der Waals surface area contributed by atoms with E-state index in [2.05, 4.69) is 15.0 Å². The summed E-state index contributed by atoms with van der Waals surface area (Å²) < 4.78 is 42.3. The van der Waals surface area contributed by atoms with Crippen LogP contribution in [0.3, 0.4) is 0 Å². The first kappa shape index (κ1) is 18.9. The van der Waals surface area contributed by atoms with Gasteiger partial charge in [-0.1, -0.05) is 12.1 Å². The van der Waals surface area contributed by atoms with Gasteiger partial charge in [-0.2, -0.15) is 18.4 Å². The van der Waals surface area contributed by atoms with Crippen molar-refractivity contribution >= 4 is 17.6 Å². The normalized spacial score (nSPS) is 12.0. The Morgan fingerprint density at radius 3 is 2.46 bits per heavy atom. The summed E-state index contributed by atoms with van der Waals surface area (Å²) in [6.45, 7) is 0. The summed E-state index contributed by atoms with van der Waals surface area (Å²) in [6.07, 6.45) is -4.02. The lowest BCUT2D eigenvalue weighted by Gasteiger charge is -2.13. The summed E-state index contributed by atoms with van der Waals surface area (Å²) in [4.78, 5) is 27.6. The number of aromatic nitrogens is 1. The first-order valence-electron chi connectivity index (χ1n) is 7.19. The molecule has 0 radical (unpaired) electrons. The van der Waals surface area contributed by atoms with Gasteiger partial charge in [0.05, 0.1) is 35.7 Å². The van der Waals surface area contributed by atoms with E-state index >= 15 is 0 Å². The molecule has 2 aromatic rings. The third-order valence-electron chi connectivity index (χ3n) is 3.39. The number of hydrogen-bond donors (Lipinski definition) is 1. The fraction of sp³-hybridized carbons (Fsp3) is 0.176. The van der Waals surface area contributed by atoms with Crippen LogP contribution in [0.5, 0.6) is 0 Å². The fourth-order valence-corrected chi connectivity index (χ4v) is 2.09. The molecule has 1 aromatic heterocycles. The Kier molecular flexibility index (Phi) is 5.57. The van der Waals surface area contributed by atoms with Crippen molar-refractivity contribution in [2.24, 2.45) is 0 Å². The van der Waals surface area contributed by atoms with Crippen molar-refractivity contribution < 1.29 is 27.5 Å². The second-order valence-corrected chi connectivity index (χ2v) is 5.06. The predicted molar refractivity (Wildman–Crippen MR) is 84.0 cm³/mol. The Balaban J connectivity index is 2.26. The van der Waals surface area contributed by atoms with E-state index in [9.17, 15) is 28.0 Å². The average Bonchev–Trinajstić information content (AvgIpc) is 2.62. The highest BCUT2D eigenvalue weighted by Gasteiger charge is 2.31. The Hall–Kier alpha value is -3.41. The highest BCUT2D eigenvalue weighted by molar-refractivity contribution is 6.03. The summed E-state index contributed by atoms with van der Waals surface area (Å²) in [5.41, 5.74) is -0.958. The molecule has 0 saturated heterocycles. The molecule has 9 heteroatoms. The molecule has 0 fully saturated rings. The number of nitrogens with one attached hydrogen (secondary N) is 1. The molecule has 1 amide bonds. The van der Waals surface area contributed by atoms with Crippen LogP contribution in [0.4, 0.5) is 18.9 Å². The molecule has 1 aromatic carbocycles. The number of alkyl halides is 3. The number of rotatable bonds is 4. The number of amides is 1. The van der Waals surface area contributed by atoms with Crippen LogP contribution in [-0.4, -0.2) is 24.0 Å². The van der Waals surface area contributed by atoms with Crippen LogP contribution in [0, 0.1) is 11.3 Å². The van der Waals surface area contributed by atoms with E-state index in [0.717, 1.165) is 12.1 Å². The van der Waals surface area contributed by atoms with Gasteiger partial charge in [0, 0.05) is 6.20 Å². The minimum atomic E-state index is -4.57. The minimum Gasteiger partial charge on any atom is -0.465 e. The molecule has 26 heavy (non-hydrogen) atoms. The first-order valence-corrected chi connectivity index (χ1v) is 7.19. The van der Waals surface area contributed by atoms with E-state index in [-0.39, 0.29) is 16.9 Å². The minimum absolute atomic E-state index is 0.0698. The van der Waals surface area contributed by atoms with Crippen molar-refractivity contribution in [2.45, 2.75) is 12.1 Å². The Morgan fingerprint density at radius 1 is 1.23 bits per heavy atom. The van der Waals surface area contributed by atoms with Gasteiger partial charge in [-0.25, -0.2) is 4.79 Å². The van der Waals surface area contributed by atoms with Crippen LogP contribution in [0.2, 0.25) is 0 Å². The second-order valence-electron chi connectivity index (χ2n) is 5.06. The largest absolute Gasteiger partial charge is 0.465 e. The summed E-state index contributed by atoms with van der Waals surface area (Å²) in [7, 11) is 1.17. The van der Waals surface area contributed by atoms with Gasteiger partial charge in [-0.05, 0) is 24.3 Å². The molecule has 1 N–H and O–H groups in total. The highest BCUT2D eigenvalue weighted by atomic mass is 19.4. The lowest BCUT2D eigenvalue weighted by atomic mass is 10.0. The van der Waals surface area contributed by atoms with E-state index in [1.54, 1.807) is 18.2 Å². The van der Waals surface area contributed by atoms with Crippen LogP contribution in [0.1, 0.15) is 27.5 Å². The van der Waals surface area contributed by atoms with Crippen LogP contribution >= 0.6 is 0 Å². The van der Waals surface area contributed by atoms with E-state index in [1.165, 1.54) is 19.2 Å². The predicted octanol–water partition coefficient (Wildman–Crippen LogP) is 3.13. The number of hydrogen-bond acceptors (Lipinski definition) is 5. The number of benzene rings is 1. The molecule has 2 rings (SSSR count). The van der Waals surface area contributed by atoms with Crippen molar-refractivity contribution in [1.29, 1.82) is 5.26 Å². The molecule has 0 aliphatic heterocycles.